The van der Waals surface area contributed by atoms with Crippen molar-refractivity contribution in [3.05, 3.63) is 29.3 Å². The summed E-state index contributed by atoms with van der Waals surface area (Å²) in [7, 11) is 1.69. The van der Waals surface area contributed by atoms with Gasteiger partial charge in [-0.1, -0.05) is 12.1 Å². The minimum Gasteiger partial charge on any atom is -0.496 e. The van der Waals surface area contributed by atoms with E-state index in [0.717, 1.165) is 30.7 Å². The molecule has 0 unspecified atom stereocenters. The Hall–Kier alpha value is -1.75. The number of methoxy groups -OCH3 is 1. The fraction of sp³-hybridized carbons (Fsp3) is 0.611. The molecule has 5 heteroatoms. The number of nitrogens with one attached hydrogen (secondary N) is 2. The van der Waals surface area contributed by atoms with Crippen LogP contribution in [0.4, 0.5) is 4.79 Å². The van der Waals surface area contributed by atoms with E-state index < -0.39 is 5.60 Å². The first-order valence-electron chi connectivity index (χ1n) is 8.13. The zero-order chi connectivity index (χ0) is 17.0. The second kappa shape index (κ2) is 7.21. The van der Waals surface area contributed by atoms with E-state index in [4.69, 9.17) is 9.47 Å². The normalized spacial score (nSPS) is 20.6. The smallest absolute Gasteiger partial charge is 0.407 e. The number of benzene rings is 1. The Labute approximate surface area is 138 Å². The van der Waals surface area contributed by atoms with E-state index in [2.05, 4.69) is 22.8 Å². The third-order valence-electron chi connectivity index (χ3n) is 3.91. The number of aryl methyl sites for hydroxylation is 1. The second-order valence-corrected chi connectivity index (χ2v) is 7.20. The van der Waals surface area contributed by atoms with Crippen LogP contribution in [0.1, 0.15) is 44.7 Å². The molecular formula is C18H28N2O3. The van der Waals surface area contributed by atoms with E-state index in [1.54, 1.807) is 7.11 Å². The first-order valence-corrected chi connectivity index (χ1v) is 8.13. The topological polar surface area (TPSA) is 59.6 Å². The molecule has 0 aromatic heterocycles. The third-order valence-corrected chi connectivity index (χ3v) is 3.91. The first-order chi connectivity index (χ1) is 10.8. The van der Waals surface area contributed by atoms with Crippen LogP contribution < -0.4 is 15.4 Å². The molecule has 0 bridgehead atoms. The lowest BCUT2D eigenvalue weighted by molar-refractivity contribution is 0.0465. The summed E-state index contributed by atoms with van der Waals surface area (Å²) >= 11 is 0. The zero-order valence-corrected chi connectivity index (χ0v) is 14.7. The highest BCUT2D eigenvalue weighted by atomic mass is 16.6. The molecule has 0 heterocycles. The van der Waals surface area contributed by atoms with Gasteiger partial charge in [-0.25, -0.2) is 4.79 Å². The minimum atomic E-state index is -0.447. The van der Waals surface area contributed by atoms with E-state index in [1.807, 2.05) is 33.8 Å². The lowest BCUT2D eigenvalue weighted by atomic mass is 9.86. The standard InChI is InChI=1S/C18H28N2O3/c1-12-8-13(6-7-16(12)22-5)11-19-14-9-15(10-14)20-17(21)23-18(2,3)4/h6-8,14-15,19H,9-11H2,1-5H3,(H,20,21). The molecule has 1 aliphatic carbocycles. The van der Waals surface area contributed by atoms with Gasteiger partial charge in [-0.05, 0) is 57.7 Å². The van der Waals surface area contributed by atoms with E-state index in [9.17, 15) is 4.79 Å². The Morgan fingerprint density at radius 2 is 1.96 bits per heavy atom. The maximum absolute atomic E-state index is 11.7. The molecule has 23 heavy (non-hydrogen) atoms. The van der Waals surface area contributed by atoms with Crippen LogP contribution in [0.5, 0.6) is 5.75 Å². The van der Waals surface area contributed by atoms with Crippen molar-refractivity contribution in [2.24, 2.45) is 0 Å². The van der Waals surface area contributed by atoms with Crippen LogP contribution >= 0.6 is 0 Å². The van der Waals surface area contributed by atoms with Crippen LogP contribution in [0.3, 0.4) is 0 Å². The number of ether oxygens (including phenoxy) is 2. The second-order valence-electron chi connectivity index (χ2n) is 7.20. The summed E-state index contributed by atoms with van der Waals surface area (Å²) in [5.74, 6) is 0.916. The largest absolute Gasteiger partial charge is 0.496 e. The zero-order valence-electron chi connectivity index (χ0n) is 14.7. The number of alkyl carbamates (subject to hydrolysis) is 1. The third kappa shape index (κ3) is 5.43. The molecule has 1 fully saturated rings. The van der Waals surface area contributed by atoms with Crippen LogP contribution in [-0.4, -0.2) is 30.9 Å². The highest BCUT2D eigenvalue weighted by molar-refractivity contribution is 5.68. The van der Waals surface area contributed by atoms with Gasteiger partial charge in [-0.15, -0.1) is 0 Å². The van der Waals surface area contributed by atoms with Crippen LogP contribution in [0, 0.1) is 6.92 Å². The van der Waals surface area contributed by atoms with Gasteiger partial charge in [0.2, 0.25) is 0 Å². The Morgan fingerprint density at radius 1 is 1.26 bits per heavy atom. The number of carbonyl (C=O) groups is 1. The molecule has 1 saturated carbocycles. The molecule has 0 atom stereocenters. The Bertz CT molecular complexity index is 546. The fourth-order valence-electron chi connectivity index (χ4n) is 2.69. The average molecular weight is 320 g/mol. The van der Waals surface area contributed by atoms with Gasteiger partial charge < -0.3 is 20.1 Å². The van der Waals surface area contributed by atoms with Gasteiger partial charge in [-0.3, -0.25) is 0 Å². The van der Waals surface area contributed by atoms with Gasteiger partial charge in [0.05, 0.1) is 7.11 Å². The van der Waals surface area contributed by atoms with Crippen molar-refractivity contribution in [1.29, 1.82) is 0 Å². The van der Waals surface area contributed by atoms with Crippen LogP contribution in [0.15, 0.2) is 18.2 Å². The molecule has 0 saturated heterocycles. The van der Waals surface area contributed by atoms with E-state index in [0.29, 0.717) is 6.04 Å². The van der Waals surface area contributed by atoms with Gasteiger partial charge in [0.1, 0.15) is 11.4 Å². The van der Waals surface area contributed by atoms with Gasteiger partial charge in [0.25, 0.3) is 0 Å². The average Bonchev–Trinajstić information content (AvgIpc) is 2.39. The number of carbonyl (C=O) groups excluding carboxylic acids is 1. The molecule has 1 aliphatic rings. The Balaban J connectivity index is 1.68. The van der Waals surface area contributed by atoms with Crippen LogP contribution in [0.25, 0.3) is 0 Å². The predicted molar refractivity (Wildman–Crippen MR) is 90.8 cm³/mol. The van der Waals surface area contributed by atoms with E-state index in [1.165, 1.54) is 5.56 Å². The van der Waals surface area contributed by atoms with Crippen molar-refractivity contribution in [2.75, 3.05) is 7.11 Å². The molecule has 2 N–H and O–H groups in total. The van der Waals surface area contributed by atoms with Gasteiger partial charge in [0, 0.05) is 18.6 Å². The lowest BCUT2D eigenvalue weighted by Gasteiger charge is -2.36. The maximum Gasteiger partial charge on any atom is 0.407 e. The minimum absolute atomic E-state index is 0.208. The van der Waals surface area contributed by atoms with Crippen LogP contribution in [-0.2, 0) is 11.3 Å². The molecular weight excluding hydrogens is 292 g/mol. The molecule has 128 valence electrons. The highest BCUT2D eigenvalue weighted by Gasteiger charge is 2.31. The number of rotatable bonds is 5. The predicted octanol–water partition coefficient (Wildman–Crippen LogP) is 3.15. The van der Waals surface area contributed by atoms with Gasteiger partial charge in [0.15, 0.2) is 0 Å². The highest BCUT2D eigenvalue weighted by Crippen LogP contribution is 2.22. The number of amides is 1. The summed E-state index contributed by atoms with van der Waals surface area (Å²) in [5.41, 5.74) is 1.94. The molecule has 1 amide bonds. The van der Waals surface area contributed by atoms with Gasteiger partial charge >= 0.3 is 6.09 Å². The molecule has 2 rings (SSSR count). The SMILES string of the molecule is COc1ccc(CNC2CC(NC(=O)OC(C)(C)C)C2)cc1C. The molecule has 1 aromatic rings. The maximum atomic E-state index is 11.7. The molecule has 0 aliphatic heterocycles. The Morgan fingerprint density at radius 3 is 2.52 bits per heavy atom. The molecule has 5 nitrogen and oxygen atoms in total. The van der Waals surface area contributed by atoms with Crippen molar-refractivity contribution in [1.82, 2.24) is 10.6 Å². The number of hydrogen-bond donors (Lipinski definition) is 2. The van der Waals surface area contributed by atoms with E-state index >= 15 is 0 Å². The summed E-state index contributed by atoms with van der Waals surface area (Å²) in [4.78, 5) is 11.7. The molecule has 0 spiro atoms. The van der Waals surface area contributed by atoms with Crippen molar-refractivity contribution >= 4 is 6.09 Å². The van der Waals surface area contributed by atoms with Crippen molar-refractivity contribution in [3.8, 4) is 5.75 Å². The van der Waals surface area contributed by atoms with Crippen molar-refractivity contribution < 1.29 is 14.3 Å². The number of hydrogen-bond acceptors (Lipinski definition) is 4. The fourth-order valence-corrected chi connectivity index (χ4v) is 2.69. The summed E-state index contributed by atoms with van der Waals surface area (Å²) in [6.07, 6.45) is 1.55. The monoisotopic (exact) mass is 320 g/mol. The lowest BCUT2D eigenvalue weighted by Crippen LogP contribution is -2.52. The van der Waals surface area contributed by atoms with E-state index in [-0.39, 0.29) is 12.1 Å². The van der Waals surface area contributed by atoms with Gasteiger partial charge in [-0.2, -0.15) is 0 Å². The summed E-state index contributed by atoms with van der Waals surface area (Å²) < 4.78 is 10.5. The quantitative estimate of drug-likeness (QED) is 0.875. The summed E-state index contributed by atoms with van der Waals surface area (Å²) in [6.45, 7) is 8.48. The molecule has 0 radical (unpaired) electrons. The summed E-state index contributed by atoms with van der Waals surface area (Å²) in [6, 6.07) is 6.87. The van der Waals surface area contributed by atoms with Crippen LogP contribution in [0.2, 0.25) is 0 Å². The molecule has 1 aromatic carbocycles. The summed E-state index contributed by atoms with van der Waals surface area (Å²) in [5, 5.41) is 6.43. The Kier molecular flexibility index (Phi) is 5.52. The van der Waals surface area contributed by atoms with Crippen molar-refractivity contribution in [2.45, 2.75) is 64.8 Å². The first kappa shape index (κ1) is 17.6. The van der Waals surface area contributed by atoms with Crippen molar-refractivity contribution in [3.63, 3.8) is 0 Å².